The highest BCUT2D eigenvalue weighted by Crippen LogP contribution is 2.28. The van der Waals surface area contributed by atoms with Crippen LogP contribution in [-0.4, -0.2) is 26.0 Å². The van der Waals surface area contributed by atoms with Gasteiger partial charge < -0.3 is 10.2 Å². The van der Waals surface area contributed by atoms with E-state index in [0.717, 1.165) is 4.88 Å². The highest BCUT2D eigenvalue weighted by Gasteiger charge is 2.18. The van der Waals surface area contributed by atoms with E-state index in [9.17, 15) is 15.0 Å². The van der Waals surface area contributed by atoms with Crippen LogP contribution in [0.3, 0.4) is 0 Å². The third-order valence-corrected chi connectivity index (χ3v) is 3.70. The van der Waals surface area contributed by atoms with E-state index in [-0.39, 0.29) is 11.4 Å². The topological polar surface area (TPSA) is 75.3 Å². The first-order valence-electron chi connectivity index (χ1n) is 5.82. The highest BCUT2D eigenvalue weighted by atomic mass is 32.1. The molecule has 1 aromatic carbocycles. The summed E-state index contributed by atoms with van der Waals surface area (Å²) in [6, 6.07) is 11.7. The van der Waals surface area contributed by atoms with Crippen molar-refractivity contribution in [1.29, 1.82) is 0 Å². The van der Waals surface area contributed by atoms with E-state index >= 15 is 0 Å². The van der Waals surface area contributed by atoms with Gasteiger partial charge in [-0.15, -0.1) is 11.3 Å². The molecule has 3 rings (SSSR count). The van der Waals surface area contributed by atoms with Crippen molar-refractivity contribution in [3.05, 3.63) is 53.5 Å². The summed E-state index contributed by atoms with van der Waals surface area (Å²) in [4.78, 5) is 12.2. The van der Waals surface area contributed by atoms with Gasteiger partial charge in [0.15, 0.2) is 5.69 Å². The summed E-state index contributed by atoms with van der Waals surface area (Å²) >= 11 is 1.48. The summed E-state index contributed by atoms with van der Waals surface area (Å²) in [5.41, 5.74) is 0.920. The van der Waals surface area contributed by atoms with Crippen molar-refractivity contribution in [2.24, 2.45) is 0 Å². The maximum atomic E-state index is 11.4. The molecule has 5 nitrogen and oxygen atoms in total. The zero-order chi connectivity index (χ0) is 14.1. The predicted octanol–water partition coefficient (Wildman–Crippen LogP) is 3.00. The van der Waals surface area contributed by atoms with Crippen LogP contribution in [0.4, 0.5) is 0 Å². The Kier molecular flexibility index (Phi) is 3.00. The summed E-state index contributed by atoms with van der Waals surface area (Å²) in [6.07, 6.45) is 0. The number of carbonyl (C=O) groups is 1. The lowest BCUT2D eigenvalue weighted by atomic mass is 10.3. The molecule has 0 aliphatic carbocycles. The summed E-state index contributed by atoms with van der Waals surface area (Å²) in [6.45, 7) is 0. The number of nitrogens with zero attached hydrogens (tertiary/aromatic N) is 2. The average molecular weight is 286 g/mol. The van der Waals surface area contributed by atoms with Gasteiger partial charge in [-0.3, -0.25) is 0 Å². The fraction of sp³-hybridized carbons (Fsp3) is 0. The Morgan fingerprint density at radius 3 is 2.65 bits per heavy atom. The molecule has 20 heavy (non-hydrogen) atoms. The van der Waals surface area contributed by atoms with E-state index in [1.165, 1.54) is 28.2 Å². The Morgan fingerprint density at radius 2 is 2.00 bits per heavy atom. The molecule has 100 valence electrons. The van der Waals surface area contributed by atoms with Crippen molar-refractivity contribution < 1.29 is 15.0 Å². The maximum Gasteiger partial charge on any atom is 0.354 e. The maximum absolute atomic E-state index is 11.4. The van der Waals surface area contributed by atoms with E-state index in [4.69, 9.17) is 0 Å². The van der Waals surface area contributed by atoms with Gasteiger partial charge in [0.05, 0.1) is 4.88 Å². The normalized spacial score (nSPS) is 10.6. The van der Waals surface area contributed by atoms with Crippen LogP contribution in [0.2, 0.25) is 0 Å². The first kappa shape index (κ1) is 12.4. The predicted molar refractivity (Wildman–Crippen MR) is 75.5 cm³/mol. The van der Waals surface area contributed by atoms with Gasteiger partial charge in [0, 0.05) is 6.07 Å². The summed E-state index contributed by atoms with van der Waals surface area (Å²) in [7, 11) is 0. The summed E-state index contributed by atoms with van der Waals surface area (Å²) in [5.74, 6) is -1.11. The molecule has 0 amide bonds. The molecule has 2 N–H and O–H groups in total. The van der Waals surface area contributed by atoms with Crippen molar-refractivity contribution in [3.63, 3.8) is 0 Å². The molecule has 2 aromatic heterocycles. The molecule has 0 atom stereocenters. The van der Waals surface area contributed by atoms with Crippen LogP contribution in [0.5, 0.6) is 5.75 Å². The van der Waals surface area contributed by atoms with Crippen LogP contribution < -0.4 is 0 Å². The van der Waals surface area contributed by atoms with Gasteiger partial charge in [-0.1, -0.05) is 18.2 Å². The molecule has 0 bridgehead atoms. The number of para-hydroxylation sites is 2. The summed E-state index contributed by atoms with van der Waals surface area (Å²) in [5, 5.41) is 25.3. The average Bonchev–Trinajstić information content (AvgIpc) is 3.08. The van der Waals surface area contributed by atoms with Crippen molar-refractivity contribution in [2.75, 3.05) is 0 Å². The van der Waals surface area contributed by atoms with Crippen LogP contribution in [0.1, 0.15) is 10.5 Å². The molecule has 2 heterocycles. The van der Waals surface area contributed by atoms with Gasteiger partial charge in [-0.05, 0) is 23.6 Å². The zero-order valence-corrected chi connectivity index (χ0v) is 11.0. The monoisotopic (exact) mass is 286 g/mol. The second kappa shape index (κ2) is 4.82. The number of hydrogen-bond donors (Lipinski definition) is 2. The quantitative estimate of drug-likeness (QED) is 0.776. The van der Waals surface area contributed by atoms with Crippen molar-refractivity contribution in [3.8, 4) is 22.0 Å². The Labute approximate surface area is 118 Å². The summed E-state index contributed by atoms with van der Waals surface area (Å²) < 4.78 is 1.24. The van der Waals surface area contributed by atoms with Gasteiger partial charge in [0.1, 0.15) is 17.1 Å². The number of carboxylic acids is 1. The number of benzene rings is 1. The Hall–Kier alpha value is -2.60. The Balaban J connectivity index is 2.20. The van der Waals surface area contributed by atoms with Gasteiger partial charge in [-0.2, -0.15) is 5.10 Å². The van der Waals surface area contributed by atoms with Crippen LogP contribution in [0.25, 0.3) is 16.3 Å². The number of rotatable bonds is 3. The van der Waals surface area contributed by atoms with E-state index in [1.807, 2.05) is 17.5 Å². The SMILES string of the molecule is O=C(O)c1cc(-c2cccs2)nn1-c1ccccc1O. The third-order valence-electron chi connectivity index (χ3n) is 2.81. The number of phenolic OH excluding ortho intramolecular Hbond substituents is 1. The lowest BCUT2D eigenvalue weighted by Gasteiger charge is -2.05. The van der Waals surface area contributed by atoms with E-state index in [1.54, 1.807) is 18.2 Å². The van der Waals surface area contributed by atoms with Gasteiger partial charge in [-0.25, -0.2) is 9.48 Å². The first-order chi connectivity index (χ1) is 9.66. The Bertz CT molecular complexity index is 763. The molecule has 0 aliphatic heterocycles. The highest BCUT2D eigenvalue weighted by molar-refractivity contribution is 7.13. The molecule has 0 saturated carbocycles. The van der Waals surface area contributed by atoms with Crippen LogP contribution in [0, 0.1) is 0 Å². The molecule has 0 radical (unpaired) electrons. The molecule has 3 aromatic rings. The van der Waals surface area contributed by atoms with Crippen molar-refractivity contribution in [2.45, 2.75) is 0 Å². The van der Waals surface area contributed by atoms with Gasteiger partial charge in [0.2, 0.25) is 0 Å². The third kappa shape index (κ3) is 2.06. The Morgan fingerprint density at radius 1 is 1.20 bits per heavy atom. The molecule has 0 spiro atoms. The molecule has 0 saturated heterocycles. The first-order valence-corrected chi connectivity index (χ1v) is 6.70. The smallest absolute Gasteiger partial charge is 0.354 e. The molecular formula is C14H10N2O3S. The van der Waals surface area contributed by atoms with Gasteiger partial charge >= 0.3 is 5.97 Å². The second-order valence-corrected chi connectivity index (χ2v) is 5.05. The molecule has 0 aliphatic rings. The minimum Gasteiger partial charge on any atom is -0.506 e. The lowest BCUT2D eigenvalue weighted by Crippen LogP contribution is -2.07. The lowest BCUT2D eigenvalue weighted by molar-refractivity contribution is 0.0687. The minimum atomic E-state index is -1.09. The van der Waals surface area contributed by atoms with E-state index < -0.39 is 5.97 Å². The number of aromatic carboxylic acids is 1. The van der Waals surface area contributed by atoms with E-state index in [2.05, 4.69) is 5.10 Å². The van der Waals surface area contributed by atoms with Crippen LogP contribution in [0.15, 0.2) is 47.8 Å². The molecule has 0 fully saturated rings. The number of carboxylic acid groups (broad SMARTS) is 1. The van der Waals surface area contributed by atoms with Crippen LogP contribution in [-0.2, 0) is 0 Å². The minimum absolute atomic E-state index is 0.00917. The standard InChI is InChI=1S/C14H10N2O3S/c17-12-5-2-1-4-10(12)16-11(14(18)19)8-9(15-16)13-6-3-7-20-13/h1-8,17H,(H,18,19). The molecule has 6 heteroatoms. The number of thiophene rings is 1. The van der Waals surface area contributed by atoms with Crippen LogP contribution >= 0.6 is 11.3 Å². The molecular weight excluding hydrogens is 276 g/mol. The zero-order valence-electron chi connectivity index (χ0n) is 10.2. The fourth-order valence-corrected chi connectivity index (χ4v) is 2.59. The number of aromatic hydroxyl groups is 1. The van der Waals surface area contributed by atoms with E-state index in [0.29, 0.717) is 11.4 Å². The molecule has 0 unspecified atom stereocenters. The van der Waals surface area contributed by atoms with Gasteiger partial charge in [0.25, 0.3) is 0 Å². The second-order valence-electron chi connectivity index (χ2n) is 4.10. The number of aromatic nitrogens is 2. The number of phenols is 1. The number of hydrogen-bond acceptors (Lipinski definition) is 4. The fourth-order valence-electron chi connectivity index (χ4n) is 1.91. The largest absolute Gasteiger partial charge is 0.506 e. The van der Waals surface area contributed by atoms with Crippen molar-refractivity contribution >= 4 is 17.3 Å². The van der Waals surface area contributed by atoms with Crippen molar-refractivity contribution in [1.82, 2.24) is 9.78 Å².